The average molecular weight is 377 g/mol. The molecule has 3 aromatic rings. The minimum absolute atomic E-state index is 0.00499. The van der Waals surface area contributed by atoms with Crippen molar-refractivity contribution in [2.24, 2.45) is 5.92 Å². The summed E-state index contributed by atoms with van der Waals surface area (Å²) in [6.45, 7) is 0.370. The Morgan fingerprint density at radius 1 is 1.21 bits per heavy atom. The molecule has 144 valence electrons. The number of ether oxygens (including phenoxy) is 1. The Morgan fingerprint density at radius 2 is 2.04 bits per heavy atom. The molecule has 4 rings (SSSR count). The van der Waals surface area contributed by atoms with Gasteiger partial charge in [-0.15, -0.1) is 0 Å². The summed E-state index contributed by atoms with van der Waals surface area (Å²) < 4.78 is 6.92. The summed E-state index contributed by atoms with van der Waals surface area (Å²) in [5.74, 6) is 2.00. The molecule has 0 aliphatic heterocycles. The molecule has 0 bridgehead atoms. The van der Waals surface area contributed by atoms with E-state index in [0.29, 0.717) is 18.3 Å². The maximum absolute atomic E-state index is 12.6. The molecular weight excluding hydrogens is 354 g/mol. The Kier molecular flexibility index (Phi) is 5.23. The van der Waals surface area contributed by atoms with Gasteiger partial charge in [0.2, 0.25) is 0 Å². The SMILES string of the molecule is COc1ccc(C(NC(=O)NCc2cccnc2-n2cccn2)C2CC2)cc1. The molecule has 2 N–H and O–H groups in total. The van der Waals surface area contributed by atoms with Gasteiger partial charge in [-0.3, -0.25) is 0 Å². The van der Waals surface area contributed by atoms with Crippen LogP contribution < -0.4 is 15.4 Å². The topological polar surface area (TPSA) is 81.1 Å². The van der Waals surface area contributed by atoms with Crippen LogP contribution in [0.15, 0.2) is 61.1 Å². The molecule has 28 heavy (non-hydrogen) atoms. The van der Waals surface area contributed by atoms with E-state index < -0.39 is 0 Å². The smallest absolute Gasteiger partial charge is 0.315 e. The fourth-order valence-electron chi connectivity index (χ4n) is 3.25. The van der Waals surface area contributed by atoms with Crippen LogP contribution in [0.4, 0.5) is 4.79 Å². The molecule has 1 atom stereocenters. The number of urea groups is 1. The van der Waals surface area contributed by atoms with Gasteiger partial charge in [0.15, 0.2) is 5.82 Å². The van der Waals surface area contributed by atoms with Crippen molar-refractivity contribution >= 4 is 6.03 Å². The normalized spacial score (nSPS) is 14.3. The van der Waals surface area contributed by atoms with Crippen LogP contribution in [0.25, 0.3) is 5.82 Å². The summed E-state index contributed by atoms with van der Waals surface area (Å²) >= 11 is 0. The zero-order valence-electron chi connectivity index (χ0n) is 15.7. The number of pyridine rings is 1. The van der Waals surface area contributed by atoms with Crippen LogP contribution in [0.1, 0.15) is 30.0 Å². The van der Waals surface area contributed by atoms with Crippen LogP contribution in [0, 0.1) is 5.92 Å². The largest absolute Gasteiger partial charge is 0.497 e. The number of amides is 2. The van der Waals surface area contributed by atoms with Crippen molar-refractivity contribution in [2.75, 3.05) is 7.11 Å². The summed E-state index contributed by atoms with van der Waals surface area (Å²) in [5.41, 5.74) is 1.99. The highest BCUT2D eigenvalue weighted by Crippen LogP contribution is 2.41. The van der Waals surface area contributed by atoms with Crippen molar-refractivity contribution in [3.8, 4) is 11.6 Å². The first kappa shape index (κ1) is 18.0. The molecule has 7 heteroatoms. The Labute approximate surface area is 163 Å². The first-order chi connectivity index (χ1) is 13.7. The van der Waals surface area contributed by atoms with Gasteiger partial charge in [-0.2, -0.15) is 5.10 Å². The van der Waals surface area contributed by atoms with Crippen LogP contribution in [-0.4, -0.2) is 27.9 Å². The summed E-state index contributed by atoms with van der Waals surface area (Å²) in [6.07, 6.45) is 7.51. The van der Waals surface area contributed by atoms with E-state index >= 15 is 0 Å². The highest BCUT2D eigenvalue weighted by molar-refractivity contribution is 5.74. The lowest BCUT2D eigenvalue weighted by atomic mass is 10.0. The highest BCUT2D eigenvalue weighted by Gasteiger charge is 2.33. The minimum atomic E-state index is -0.192. The Balaban J connectivity index is 1.41. The van der Waals surface area contributed by atoms with Gasteiger partial charge in [-0.25, -0.2) is 14.5 Å². The zero-order valence-corrected chi connectivity index (χ0v) is 15.7. The summed E-state index contributed by atoms with van der Waals surface area (Å²) in [5, 5.41) is 10.3. The highest BCUT2D eigenvalue weighted by atomic mass is 16.5. The molecule has 2 heterocycles. The van der Waals surface area contributed by atoms with E-state index in [1.807, 2.05) is 48.7 Å². The maximum Gasteiger partial charge on any atom is 0.315 e. The van der Waals surface area contributed by atoms with Crippen LogP contribution in [0.2, 0.25) is 0 Å². The number of nitrogens with one attached hydrogen (secondary N) is 2. The first-order valence-corrected chi connectivity index (χ1v) is 9.37. The number of nitrogens with zero attached hydrogens (tertiary/aromatic N) is 3. The average Bonchev–Trinajstić information content (AvgIpc) is 3.44. The Bertz CT molecular complexity index is 920. The molecular formula is C21H23N5O2. The maximum atomic E-state index is 12.6. The third kappa shape index (κ3) is 4.14. The van der Waals surface area contributed by atoms with Crippen LogP contribution in [-0.2, 0) is 6.54 Å². The van der Waals surface area contributed by atoms with Crippen molar-refractivity contribution in [3.63, 3.8) is 0 Å². The molecule has 7 nitrogen and oxygen atoms in total. The predicted molar refractivity (Wildman–Crippen MR) is 105 cm³/mol. The van der Waals surface area contributed by atoms with Crippen LogP contribution >= 0.6 is 0 Å². The Morgan fingerprint density at radius 3 is 2.71 bits per heavy atom. The lowest BCUT2D eigenvalue weighted by Crippen LogP contribution is -2.38. The molecule has 1 aromatic carbocycles. The van der Waals surface area contributed by atoms with Gasteiger partial charge in [0.05, 0.1) is 13.2 Å². The van der Waals surface area contributed by atoms with E-state index in [0.717, 1.165) is 29.7 Å². The van der Waals surface area contributed by atoms with Gasteiger partial charge in [0.25, 0.3) is 0 Å². The van der Waals surface area contributed by atoms with Crippen molar-refractivity contribution in [2.45, 2.75) is 25.4 Å². The molecule has 1 unspecified atom stereocenters. The van der Waals surface area contributed by atoms with Gasteiger partial charge >= 0.3 is 6.03 Å². The third-order valence-electron chi connectivity index (χ3n) is 4.88. The number of benzene rings is 1. The second kappa shape index (κ2) is 8.12. The van der Waals surface area contributed by atoms with E-state index in [4.69, 9.17) is 4.74 Å². The molecule has 1 fully saturated rings. The number of carbonyl (C=O) groups is 1. The predicted octanol–water partition coefficient (Wildman–Crippen LogP) is 3.23. The van der Waals surface area contributed by atoms with Gasteiger partial charge in [0.1, 0.15) is 5.75 Å². The number of rotatable bonds is 7. The number of hydrogen-bond donors (Lipinski definition) is 2. The number of carbonyl (C=O) groups excluding carboxylic acids is 1. The standard InChI is InChI=1S/C21H23N5O2/c1-28-18-9-7-16(8-10-18)19(15-5-6-15)25-21(27)23-14-17-4-2-11-22-20(17)26-13-3-12-24-26/h2-4,7-13,15,19H,5-6,14H2,1H3,(H2,23,25,27). The summed E-state index contributed by atoms with van der Waals surface area (Å²) in [7, 11) is 1.65. The molecule has 2 aromatic heterocycles. The number of aromatic nitrogens is 3. The summed E-state index contributed by atoms with van der Waals surface area (Å²) in [6, 6.07) is 13.3. The zero-order chi connectivity index (χ0) is 19.3. The van der Waals surface area contributed by atoms with Crippen molar-refractivity contribution < 1.29 is 9.53 Å². The van der Waals surface area contributed by atoms with Gasteiger partial charge < -0.3 is 15.4 Å². The van der Waals surface area contributed by atoms with Gasteiger partial charge in [-0.05, 0) is 48.6 Å². The van der Waals surface area contributed by atoms with Crippen molar-refractivity contribution in [3.05, 3.63) is 72.2 Å². The molecule has 0 saturated heterocycles. The van der Waals surface area contributed by atoms with E-state index in [1.165, 1.54) is 0 Å². The quantitative estimate of drug-likeness (QED) is 0.662. The van der Waals surface area contributed by atoms with Gasteiger partial charge in [-0.1, -0.05) is 18.2 Å². The second-order valence-corrected chi connectivity index (χ2v) is 6.85. The van der Waals surface area contributed by atoms with Gasteiger partial charge in [0, 0.05) is 30.7 Å². The van der Waals surface area contributed by atoms with E-state index in [-0.39, 0.29) is 12.1 Å². The lowest BCUT2D eigenvalue weighted by molar-refractivity contribution is 0.235. The minimum Gasteiger partial charge on any atom is -0.497 e. The van der Waals surface area contributed by atoms with Crippen LogP contribution in [0.3, 0.4) is 0 Å². The fraction of sp³-hybridized carbons (Fsp3) is 0.286. The molecule has 2 amide bonds. The van der Waals surface area contributed by atoms with E-state index in [2.05, 4.69) is 20.7 Å². The monoisotopic (exact) mass is 377 g/mol. The number of hydrogen-bond acceptors (Lipinski definition) is 4. The molecule has 1 saturated carbocycles. The molecule has 0 spiro atoms. The second-order valence-electron chi connectivity index (χ2n) is 6.85. The molecule has 1 aliphatic rings. The fourth-order valence-corrected chi connectivity index (χ4v) is 3.25. The summed E-state index contributed by atoms with van der Waals surface area (Å²) in [4.78, 5) is 16.9. The van der Waals surface area contributed by atoms with E-state index in [9.17, 15) is 4.79 Å². The third-order valence-corrected chi connectivity index (χ3v) is 4.88. The van der Waals surface area contributed by atoms with E-state index in [1.54, 1.807) is 24.2 Å². The number of methoxy groups -OCH3 is 1. The lowest BCUT2D eigenvalue weighted by Gasteiger charge is -2.20. The van der Waals surface area contributed by atoms with Crippen LogP contribution in [0.5, 0.6) is 5.75 Å². The molecule has 1 aliphatic carbocycles. The molecule has 0 radical (unpaired) electrons. The van der Waals surface area contributed by atoms with Crippen molar-refractivity contribution in [1.82, 2.24) is 25.4 Å². The first-order valence-electron chi connectivity index (χ1n) is 9.37. The van der Waals surface area contributed by atoms with Crippen molar-refractivity contribution in [1.29, 1.82) is 0 Å². The Hall–Kier alpha value is -3.35.